The maximum absolute atomic E-state index is 10.8. The van der Waals surface area contributed by atoms with Gasteiger partial charge in [-0.2, -0.15) is 0 Å². The third-order valence-corrected chi connectivity index (χ3v) is 2.77. The Morgan fingerprint density at radius 2 is 2.45 bits per heavy atom. The summed E-state index contributed by atoms with van der Waals surface area (Å²) in [6.45, 7) is 0. The molecular weight excluding hydrogens is 158 g/mol. The molecule has 1 heterocycles. The number of fused-ring (bicyclic) bond motifs is 1. The quantitative estimate of drug-likeness (QED) is 0.671. The molecule has 0 bridgehead atoms. The van der Waals surface area contributed by atoms with E-state index in [4.69, 9.17) is 5.73 Å². The Morgan fingerprint density at radius 1 is 1.64 bits per heavy atom. The topological polar surface area (TPSA) is 43.1 Å². The first kappa shape index (κ1) is 6.61. The van der Waals surface area contributed by atoms with Crippen LogP contribution in [0, 0.1) is 0 Å². The lowest BCUT2D eigenvalue weighted by atomic mass is 10.1. The van der Waals surface area contributed by atoms with E-state index < -0.39 is 0 Å². The molecule has 0 spiro atoms. The number of carbonyl (C=O) groups is 1. The van der Waals surface area contributed by atoms with Crippen LogP contribution in [0.2, 0.25) is 0 Å². The SMILES string of the molecule is NC(=O)c1csc2c1CC=C2. The maximum Gasteiger partial charge on any atom is 0.249 e. The summed E-state index contributed by atoms with van der Waals surface area (Å²) in [5.41, 5.74) is 6.96. The van der Waals surface area contributed by atoms with Gasteiger partial charge < -0.3 is 5.73 Å². The fourth-order valence-electron chi connectivity index (χ4n) is 1.24. The first-order valence-electron chi connectivity index (χ1n) is 3.36. The summed E-state index contributed by atoms with van der Waals surface area (Å²) in [5, 5.41) is 1.83. The third-order valence-electron chi connectivity index (χ3n) is 1.78. The number of hydrogen-bond donors (Lipinski definition) is 1. The number of nitrogens with two attached hydrogens (primary N) is 1. The number of carbonyl (C=O) groups excluding carboxylic acids is 1. The molecule has 2 rings (SSSR count). The molecule has 1 aliphatic rings. The van der Waals surface area contributed by atoms with E-state index in [1.807, 2.05) is 17.5 Å². The van der Waals surface area contributed by atoms with Crippen LogP contribution < -0.4 is 5.73 Å². The molecule has 56 valence electrons. The molecule has 1 aromatic heterocycles. The van der Waals surface area contributed by atoms with Crippen molar-refractivity contribution in [1.29, 1.82) is 0 Å². The highest BCUT2D eigenvalue weighted by Crippen LogP contribution is 2.28. The molecule has 2 N–H and O–H groups in total. The summed E-state index contributed by atoms with van der Waals surface area (Å²) in [6, 6.07) is 0. The lowest BCUT2D eigenvalue weighted by molar-refractivity contribution is 0.1000. The van der Waals surface area contributed by atoms with E-state index in [9.17, 15) is 4.79 Å². The number of thiophene rings is 1. The van der Waals surface area contributed by atoms with E-state index in [0.29, 0.717) is 5.56 Å². The predicted molar refractivity (Wildman–Crippen MR) is 45.6 cm³/mol. The summed E-state index contributed by atoms with van der Waals surface area (Å²) in [5.74, 6) is -0.314. The number of allylic oxidation sites excluding steroid dienone is 1. The van der Waals surface area contributed by atoms with E-state index in [1.54, 1.807) is 11.3 Å². The van der Waals surface area contributed by atoms with E-state index >= 15 is 0 Å². The molecular formula is C8H7NOS. The van der Waals surface area contributed by atoms with Crippen molar-refractivity contribution in [3.63, 3.8) is 0 Å². The Labute approximate surface area is 68.3 Å². The molecule has 0 aliphatic heterocycles. The molecule has 3 heteroatoms. The molecule has 1 aliphatic carbocycles. The highest BCUT2D eigenvalue weighted by Gasteiger charge is 2.15. The van der Waals surface area contributed by atoms with Crippen LogP contribution in [0.5, 0.6) is 0 Å². The van der Waals surface area contributed by atoms with Gasteiger partial charge in [-0.3, -0.25) is 4.79 Å². The second kappa shape index (κ2) is 2.20. The van der Waals surface area contributed by atoms with Crippen molar-refractivity contribution in [3.05, 3.63) is 27.5 Å². The van der Waals surface area contributed by atoms with Gasteiger partial charge in [-0.05, 0) is 18.1 Å². The van der Waals surface area contributed by atoms with Gasteiger partial charge >= 0.3 is 0 Å². The predicted octanol–water partition coefficient (Wildman–Crippen LogP) is 1.42. The zero-order valence-corrected chi connectivity index (χ0v) is 6.65. The van der Waals surface area contributed by atoms with Crippen molar-refractivity contribution < 1.29 is 4.79 Å². The molecule has 0 aromatic carbocycles. The molecule has 0 unspecified atom stereocenters. The van der Waals surface area contributed by atoms with Crippen LogP contribution >= 0.6 is 11.3 Å². The second-order valence-corrected chi connectivity index (χ2v) is 3.37. The highest BCUT2D eigenvalue weighted by atomic mass is 32.1. The summed E-state index contributed by atoms with van der Waals surface area (Å²) >= 11 is 1.58. The van der Waals surface area contributed by atoms with Crippen LogP contribution in [0.15, 0.2) is 11.5 Å². The zero-order chi connectivity index (χ0) is 7.84. The maximum atomic E-state index is 10.8. The van der Waals surface area contributed by atoms with E-state index in [1.165, 1.54) is 4.88 Å². The van der Waals surface area contributed by atoms with Crippen LogP contribution in [0.4, 0.5) is 0 Å². The van der Waals surface area contributed by atoms with Crippen molar-refractivity contribution in [2.45, 2.75) is 6.42 Å². The van der Waals surface area contributed by atoms with Crippen LogP contribution in [0.25, 0.3) is 6.08 Å². The van der Waals surface area contributed by atoms with Gasteiger partial charge in [-0.25, -0.2) is 0 Å². The average molecular weight is 165 g/mol. The van der Waals surface area contributed by atoms with Gasteiger partial charge in [0, 0.05) is 10.3 Å². The van der Waals surface area contributed by atoms with Gasteiger partial charge in [-0.1, -0.05) is 6.08 Å². The summed E-state index contributed by atoms with van der Waals surface area (Å²) in [7, 11) is 0. The molecule has 0 saturated heterocycles. The van der Waals surface area contributed by atoms with Crippen molar-refractivity contribution in [1.82, 2.24) is 0 Å². The van der Waals surface area contributed by atoms with E-state index in [-0.39, 0.29) is 5.91 Å². The largest absolute Gasteiger partial charge is 0.366 e. The van der Waals surface area contributed by atoms with Gasteiger partial charge in [0.15, 0.2) is 0 Å². The molecule has 11 heavy (non-hydrogen) atoms. The van der Waals surface area contributed by atoms with E-state index in [2.05, 4.69) is 0 Å². The van der Waals surface area contributed by atoms with Crippen LogP contribution in [0.3, 0.4) is 0 Å². The van der Waals surface area contributed by atoms with Gasteiger partial charge in [0.2, 0.25) is 5.91 Å². The van der Waals surface area contributed by atoms with Gasteiger partial charge in [0.25, 0.3) is 0 Å². The van der Waals surface area contributed by atoms with Crippen molar-refractivity contribution in [2.75, 3.05) is 0 Å². The minimum atomic E-state index is -0.314. The number of hydrogen-bond acceptors (Lipinski definition) is 2. The Balaban J connectivity index is 2.55. The van der Waals surface area contributed by atoms with Gasteiger partial charge in [-0.15, -0.1) is 11.3 Å². The molecule has 1 amide bonds. The fourth-order valence-corrected chi connectivity index (χ4v) is 2.25. The first-order chi connectivity index (χ1) is 5.29. The van der Waals surface area contributed by atoms with E-state index in [0.717, 1.165) is 12.0 Å². The lowest BCUT2D eigenvalue weighted by Crippen LogP contribution is -2.11. The lowest BCUT2D eigenvalue weighted by Gasteiger charge is -1.92. The molecule has 0 saturated carbocycles. The summed E-state index contributed by atoms with van der Waals surface area (Å²) in [6.07, 6.45) is 4.94. The zero-order valence-electron chi connectivity index (χ0n) is 5.83. The first-order valence-corrected chi connectivity index (χ1v) is 4.23. The smallest absolute Gasteiger partial charge is 0.249 e. The minimum Gasteiger partial charge on any atom is -0.366 e. The van der Waals surface area contributed by atoms with Crippen LogP contribution in [0.1, 0.15) is 20.8 Å². The normalized spacial score (nSPS) is 13.5. The summed E-state index contributed by atoms with van der Waals surface area (Å²) in [4.78, 5) is 12.0. The van der Waals surface area contributed by atoms with Crippen LogP contribution in [-0.4, -0.2) is 5.91 Å². The Kier molecular flexibility index (Phi) is 1.32. The summed E-state index contributed by atoms with van der Waals surface area (Å²) < 4.78 is 0. The molecule has 0 atom stereocenters. The van der Waals surface area contributed by atoms with Crippen molar-refractivity contribution in [3.8, 4) is 0 Å². The highest BCUT2D eigenvalue weighted by molar-refractivity contribution is 7.11. The minimum absolute atomic E-state index is 0.314. The Morgan fingerprint density at radius 3 is 3.18 bits per heavy atom. The molecule has 0 fully saturated rings. The molecule has 0 radical (unpaired) electrons. The van der Waals surface area contributed by atoms with Crippen LogP contribution in [-0.2, 0) is 6.42 Å². The molecule has 2 nitrogen and oxygen atoms in total. The van der Waals surface area contributed by atoms with Gasteiger partial charge in [0.05, 0.1) is 5.56 Å². The number of primary amides is 1. The third kappa shape index (κ3) is 0.886. The number of rotatable bonds is 1. The number of amides is 1. The molecule has 1 aromatic rings. The average Bonchev–Trinajstić information content (AvgIpc) is 2.41. The standard InChI is InChI=1S/C8H7NOS/c9-8(10)6-4-11-7-3-1-2-5(6)7/h1,3-4H,2H2,(H2,9,10). The van der Waals surface area contributed by atoms with Crippen molar-refractivity contribution in [2.24, 2.45) is 5.73 Å². The fraction of sp³-hybridized carbons (Fsp3) is 0.125. The second-order valence-electron chi connectivity index (χ2n) is 2.46. The van der Waals surface area contributed by atoms with Gasteiger partial charge in [0.1, 0.15) is 0 Å². The Bertz CT molecular complexity index is 338. The Hall–Kier alpha value is -1.09. The monoisotopic (exact) mass is 165 g/mol. The van der Waals surface area contributed by atoms with Crippen molar-refractivity contribution >= 4 is 23.3 Å².